The Kier molecular flexibility index (Phi) is 4.05. The Balaban J connectivity index is 1.87. The summed E-state index contributed by atoms with van der Waals surface area (Å²) in [7, 11) is 1.95. The zero-order valence-electron chi connectivity index (χ0n) is 10.9. The molecule has 2 saturated carbocycles. The Hall–Kier alpha value is -0.610. The summed E-state index contributed by atoms with van der Waals surface area (Å²) in [4.78, 5) is 14.0. The molecule has 2 fully saturated rings. The van der Waals surface area contributed by atoms with Crippen molar-refractivity contribution in [3.05, 3.63) is 0 Å². The average Bonchev–Trinajstić information content (AvgIpc) is 3.11. The van der Waals surface area contributed by atoms with E-state index in [0.717, 1.165) is 38.5 Å². The van der Waals surface area contributed by atoms with Crippen molar-refractivity contribution < 1.29 is 9.90 Å². The Morgan fingerprint density at radius 2 is 1.94 bits per heavy atom. The number of aliphatic hydroxyl groups excluding tert-OH is 1. The van der Waals surface area contributed by atoms with Crippen LogP contribution >= 0.6 is 0 Å². The highest BCUT2D eigenvalue weighted by atomic mass is 16.3. The first-order chi connectivity index (χ1) is 8.09. The van der Waals surface area contributed by atoms with Crippen LogP contribution in [-0.4, -0.2) is 47.2 Å². The van der Waals surface area contributed by atoms with E-state index < -0.39 is 0 Å². The molecule has 17 heavy (non-hydrogen) atoms. The van der Waals surface area contributed by atoms with E-state index in [1.54, 1.807) is 0 Å². The van der Waals surface area contributed by atoms with Gasteiger partial charge in [-0.25, -0.2) is 0 Å². The molecule has 0 spiro atoms. The first-order valence-electron chi connectivity index (χ1n) is 6.80. The summed E-state index contributed by atoms with van der Waals surface area (Å²) < 4.78 is 0. The summed E-state index contributed by atoms with van der Waals surface area (Å²) in [5, 5.41) is 13.0. The minimum absolute atomic E-state index is 0.104. The third-order valence-electron chi connectivity index (χ3n) is 4.13. The van der Waals surface area contributed by atoms with Gasteiger partial charge in [-0.1, -0.05) is 12.8 Å². The smallest absolute Gasteiger partial charge is 0.237 e. The van der Waals surface area contributed by atoms with Gasteiger partial charge in [-0.05, 0) is 39.7 Å². The topological polar surface area (TPSA) is 52.6 Å². The predicted octanol–water partition coefficient (Wildman–Crippen LogP) is 0.889. The molecule has 0 aromatic rings. The molecule has 4 heteroatoms. The van der Waals surface area contributed by atoms with Gasteiger partial charge in [-0.15, -0.1) is 0 Å². The summed E-state index contributed by atoms with van der Waals surface area (Å²) in [5.41, 5.74) is 0. The highest BCUT2D eigenvalue weighted by molar-refractivity contribution is 5.81. The first-order valence-corrected chi connectivity index (χ1v) is 6.80. The summed E-state index contributed by atoms with van der Waals surface area (Å²) in [6, 6.07) is 0.409. The summed E-state index contributed by atoms with van der Waals surface area (Å²) in [6.07, 6.45) is 6.09. The molecule has 3 unspecified atom stereocenters. The zero-order valence-corrected chi connectivity index (χ0v) is 10.9. The Bertz CT molecular complexity index is 279. The minimum atomic E-state index is -0.273. The van der Waals surface area contributed by atoms with E-state index >= 15 is 0 Å². The second kappa shape index (κ2) is 5.36. The van der Waals surface area contributed by atoms with E-state index in [2.05, 4.69) is 5.32 Å². The van der Waals surface area contributed by atoms with Gasteiger partial charge in [0.1, 0.15) is 0 Å². The number of nitrogens with one attached hydrogen (secondary N) is 1. The molecule has 1 amide bonds. The van der Waals surface area contributed by atoms with E-state index in [-0.39, 0.29) is 24.1 Å². The second-order valence-electron chi connectivity index (χ2n) is 5.54. The molecule has 0 aliphatic heterocycles. The molecule has 0 heterocycles. The summed E-state index contributed by atoms with van der Waals surface area (Å²) >= 11 is 0. The lowest BCUT2D eigenvalue weighted by Crippen LogP contribution is -2.52. The normalized spacial score (nSPS) is 31.3. The lowest BCUT2D eigenvalue weighted by atomic mass is 9.91. The fourth-order valence-corrected chi connectivity index (χ4v) is 2.59. The molecule has 0 aromatic carbocycles. The highest BCUT2D eigenvalue weighted by Gasteiger charge is 2.33. The molecule has 2 rings (SSSR count). The standard InChI is InChI=1S/C13H24N2O2/c1-9(13(17)14-10-7-8-10)15(2)11-5-3-4-6-12(11)16/h9-12,16H,3-8H2,1-2H3,(H,14,17). The van der Waals surface area contributed by atoms with Crippen LogP contribution in [0.25, 0.3) is 0 Å². The maximum Gasteiger partial charge on any atom is 0.237 e. The Labute approximate surface area is 103 Å². The second-order valence-corrected chi connectivity index (χ2v) is 5.54. The molecule has 0 aromatic heterocycles. The molecule has 3 atom stereocenters. The lowest BCUT2D eigenvalue weighted by Gasteiger charge is -2.38. The number of carbonyl (C=O) groups is 1. The molecular formula is C13H24N2O2. The van der Waals surface area contributed by atoms with Gasteiger partial charge < -0.3 is 10.4 Å². The van der Waals surface area contributed by atoms with Crippen molar-refractivity contribution in [1.82, 2.24) is 10.2 Å². The van der Waals surface area contributed by atoms with Crippen LogP contribution in [0.2, 0.25) is 0 Å². The number of hydrogen-bond acceptors (Lipinski definition) is 3. The lowest BCUT2D eigenvalue weighted by molar-refractivity contribution is -0.127. The van der Waals surface area contributed by atoms with Crippen molar-refractivity contribution in [2.24, 2.45) is 0 Å². The molecule has 2 aliphatic rings. The molecule has 4 nitrogen and oxygen atoms in total. The Morgan fingerprint density at radius 1 is 1.29 bits per heavy atom. The van der Waals surface area contributed by atoms with E-state index in [0.29, 0.717) is 6.04 Å². The number of amides is 1. The van der Waals surface area contributed by atoms with Gasteiger partial charge in [-0.3, -0.25) is 9.69 Å². The third-order valence-corrected chi connectivity index (χ3v) is 4.13. The van der Waals surface area contributed by atoms with E-state index in [9.17, 15) is 9.90 Å². The van der Waals surface area contributed by atoms with Gasteiger partial charge in [0.25, 0.3) is 0 Å². The van der Waals surface area contributed by atoms with Crippen molar-refractivity contribution in [1.29, 1.82) is 0 Å². The van der Waals surface area contributed by atoms with E-state index in [1.165, 1.54) is 0 Å². The van der Waals surface area contributed by atoms with Crippen LogP contribution < -0.4 is 5.32 Å². The predicted molar refractivity (Wildman–Crippen MR) is 66.7 cm³/mol. The minimum Gasteiger partial charge on any atom is -0.391 e. The van der Waals surface area contributed by atoms with E-state index in [1.807, 2.05) is 18.9 Å². The molecular weight excluding hydrogens is 216 g/mol. The van der Waals surface area contributed by atoms with Crippen LogP contribution in [0.1, 0.15) is 45.4 Å². The maximum atomic E-state index is 11.9. The van der Waals surface area contributed by atoms with Gasteiger partial charge in [0.2, 0.25) is 5.91 Å². The van der Waals surface area contributed by atoms with Gasteiger partial charge in [0, 0.05) is 12.1 Å². The maximum absolute atomic E-state index is 11.9. The number of nitrogens with zero attached hydrogens (tertiary/aromatic N) is 1. The van der Waals surface area contributed by atoms with Gasteiger partial charge in [0.15, 0.2) is 0 Å². The van der Waals surface area contributed by atoms with Crippen molar-refractivity contribution >= 4 is 5.91 Å². The van der Waals surface area contributed by atoms with E-state index in [4.69, 9.17) is 0 Å². The number of rotatable bonds is 4. The number of carbonyl (C=O) groups excluding carboxylic acids is 1. The molecule has 2 N–H and O–H groups in total. The summed E-state index contributed by atoms with van der Waals surface area (Å²) in [6.45, 7) is 1.93. The molecule has 0 radical (unpaired) electrons. The van der Waals surface area contributed by atoms with Crippen molar-refractivity contribution in [2.75, 3.05) is 7.05 Å². The van der Waals surface area contributed by atoms with Crippen LogP contribution in [0, 0.1) is 0 Å². The number of aliphatic hydroxyl groups is 1. The van der Waals surface area contributed by atoms with Crippen LogP contribution in [0.15, 0.2) is 0 Å². The fourth-order valence-electron chi connectivity index (χ4n) is 2.59. The fraction of sp³-hybridized carbons (Fsp3) is 0.923. The molecule has 2 aliphatic carbocycles. The van der Waals surface area contributed by atoms with Crippen molar-refractivity contribution in [3.8, 4) is 0 Å². The quantitative estimate of drug-likeness (QED) is 0.767. The van der Waals surface area contributed by atoms with Crippen LogP contribution in [0.4, 0.5) is 0 Å². The average molecular weight is 240 g/mol. The summed E-state index contributed by atoms with van der Waals surface area (Å²) in [5.74, 6) is 0.104. The monoisotopic (exact) mass is 240 g/mol. The third kappa shape index (κ3) is 3.19. The number of hydrogen-bond donors (Lipinski definition) is 2. The molecule has 0 bridgehead atoms. The van der Waals surface area contributed by atoms with Gasteiger partial charge in [-0.2, -0.15) is 0 Å². The van der Waals surface area contributed by atoms with Gasteiger partial charge in [0.05, 0.1) is 12.1 Å². The van der Waals surface area contributed by atoms with Crippen molar-refractivity contribution in [2.45, 2.75) is 69.7 Å². The van der Waals surface area contributed by atoms with Gasteiger partial charge >= 0.3 is 0 Å². The zero-order chi connectivity index (χ0) is 12.4. The SMILES string of the molecule is CC(C(=O)NC1CC1)N(C)C1CCCCC1O. The largest absolute Gasteiger partial charge is 0.391 e. The first kappa shape index (κ1) is 12.8. The van der Waals surface area contributed by atoms with Crippen LogP contribution in [-0.2, 0) is 4.79 Å². The number of likely N-dealkylation sites (N-methyl/N-ethyl adjacent to an activating group) is 1. The Morgan fingerprint density at radius 3 is 2.53 bits per heavy atom. The molecule has 98 valence electrons. The highest BCUT2D eigenvalue weighted by Crippen LogP contribution is 2.24. The molecule has 0 saturated heterocycles. The van der Waals surface area contributed by atoms with Crippen LogP contribution in [0.3, 0.4) is 0 Å². The van der Waals surface area contributed by atoms with Crippen molar-refractivity contribution in [3.63, 3.8) is 0 Å². The van der Waals surface area contributed by atoms with Crippen LogP contribution in [0.5, 0.6) is 0 Å².